The van der Waals surface area contributed by atoms with Crippen molar-refractivity contribution in [1.82, 2.24) is 4.90 Å². The molecule has 3 heterocycles. The summed E-state index contributed by atoms with van der Waals surface area (Å²) in [5.74, 6) is 1.41. The molecule has 3 heteroatoms. The Balaban J connectivity index is 1.67. The number of fused-ring (bicyclic) bond motifs is 4. The van der Waals surface area contributed by atoms with Crippen LogP contribution in [0.4, 0.5) is 5.69 Å². The summed E-state index contributed by atoms with van der Waals surface area (Å²) in [6.45, 7) is 7.06. The first kappa shape index (κ1) is 13.0. The minimum atomic E-state index is -0.0223. The second kappa shape index (κ2) is 3.37. The lowest BCUT2D eigenvalue weighted by molar-refractivity contribution is -0.175. The van der Waals surface area contributed by atoms with E-state index in [-0.39, 0.29) is 22.4 Å². The van der Waals surface area contributed by atoms with Gasteiger partial charge in [0.15, 0.2) is 0 Å². The average molecular weight is 308 g/mol. The predicted molar refractivity (Wildman–Crippen MR) is 89.2 cm³/mol. The Morgan fingerprint density at radius 3 is 2.83 bits per heavy atom. The third-order valence-corrected chi connectivity index (χ3v) is 8.49. The Bertz CT molecular complexity index is 771. The summed E-state index contributed by atoms with van der Waals surface area (Å²) < 4.78 is 0. The number of Topliss-reactive ketones (excluding diaryl/α,β-unsaturated/α-hetero) is 1. The number of rotatable bonds is 0. The van der Waals surface area contributed by atoms with E-state index in [1.54, 1.807) is 0 Å². The number of para-hydroxylation sites is 1. The van der Waals surface area contributed by atoms with Gasteiger partial charge in [0.1, 0.15) is 5.78 Å². The highest BCUT2D eigenvalue weighted by atomic mass is 16.1. The first-order chi connectivity index (χ1) is 10.9. The molecule has 2 aliphatic carbocycles. The van der Waals surface area contributed by atoms with Gasteiger partial charge in [0, 0.05) is 35.0 Å². The van der Waals surface area contributed by atoms with Crippen LogP contribution in [0.25, 0.3) is 0 Å². The van der Waals surface area contributed by atoms with Gasteiger partial charge in [0.25, 0.3) is 0 Å². The van der Waals surface area contributed by atoms with Crippen LogP contribution in [-0.4, -0.2) is 27.8 Å². The number of ketones is 1. The van der Waals surface area contributed by atoms with Crippen molar-refractivity contribution in [3.8, 4) is 0 Å². The first-order valence-electron chi connectivity index (χ1n) is 9.08. The highest BCUT2D eigenvalue weighted by molar-refractivity contribution is 5.86. The summed E-state index contributed by atoms with van der Waals surface area (Å²) in [5, 5.41) is 3.96. The number of hydrogen-bond donors (Lipinski definition) is 1. The van der Waals surface area contributed by atoms with Crippen LogP contribution in [0.2, 0.25) is 0 Å². The zero-order chi connectivity index (χ0) is 15.8. The van der Waals surface area contributed by atoms with Crippen LogP contribution in [-0.2, 0) is 4.79 Å². The molecule has 0 radical (unpaired) electrons. The van der Waals surface area contributed by atoms with Crippen LogP contribution in [0, 0.1) is 17.3 Å². The fourth-order valence-electron chi connectivity index (χ4n) is 7.57. The lowest BCUT2D eigenvalue weighted by Gasteiger charge is -2.65. The first-order valence-corrected chi connectivity index (χ1v) is 9.08. The van der Waals surface area contributed by atoms with Crippen molar-refractivity contribution in [1.29, 1.82) is 0 Å². The van der Waals surface area contributed by atoms with Crippen LogP contribution in [0.3, 0.4) is 0 Å². The number of hydrogen-bond acceptors (Lipinski definition) is 3. The van der Waals surface area contributed by atoms with Gasteiger partial charge in [0.05, 0.1) is 11.6 Å². The van der Waals surface area contributed by atoms with Crippen LogP contribution in [0.1, 0.15) is 51.6 Å². The van der Waals surface area contributed by atoms with Crippen molar-refractivity contribution < 1.29 is 4.79 Å². The number of carbonyl (C=O) groups excluding carboxylic acids is 1. The summed E-state index contributed by atoms with van der Waals surface area (Å²) in [5.41, 5.74) is 2.91. The molecule has 6 atom stereocenters. The van der Waals surface area contributed by atoms with Crippen molar-refractivity contribution in [3.63, 3.8) is 0 Å². The standard InChI is InChI=1S/C20H24N2O/c1-18(2)13-8-12-15-9-20(19(12,3)10-16(13)23)17(22(15)18)11-6-4-5-7-14(11)21-20/h4-7,12-13,15,17,21H,8-10H2,1-3H3/t12?,13?,15?,17?,19-,20?/m1/s1. The number of nitrogens with zero attached hydrogens (tertiary/aromatic N) is 1. The number of carbonyl (C=O) groups is 1. The lowest BCUT2D eigenvalue weighted by Crippen LogP contribution is -2.72. The molecule has 0 amide bonds. The Hall–Kier alpha value is -1.35. The molecule has 23 heavy (non-hydrogen) atoms. The molecule has 4 bridgehead atoms. The summed E-state index contributed by atoms with van der Waals surface area (Å²) in [7, 11) is 0. The van der Waals surface area contributed by atoms with Gasteiger partial charge in [-0.2, -0.15) is 0 Å². The van der Waals surface area contributed by atoms with Crippen LogP contribution in [0.5, 0.6) is 0 Å². The molecule has 3 aliphatic heterocycles. The third-order valence-electron chi connectivity index (χ3n) is 8.49. The molecule has 1 aromatic rings. The normalized spacial score (nSPS) is 50.8. The van der Waals surface area contributed by atoms with E-state index in [0.29, 0.717) is 23.8 Å². The number of benzene rings is 1. The van der Waals surface area contributed by atoms with Gasteiger partial charge in [-0.1, -0.05) is 25.1 Å². The van der Waals surface area contributed by atoms with Crippen LogP contribution < -0.4 is 5.32 Å². The van der Waals surface area contributed by atoms with Crippen molar-refractivity contribution in [2.24, 2.45) is 17.3 Å². The summed E-state index contributed by atoms with van der Waals surface area (Å²) in [6, 6.07) is 9.92. The molecule has 0 aromatic heterocycles. The van der Waals surface area contributed by atoms with Crippen molar-refractivity contribution >= 4 is 11.5 Å². The Morgan fingerprint density at radius 1 is 1.22 bits per heavy atom. The maximum Gasteiger partial charge on any atom is 0.138 e. The molecular weight excluding hydrogens is 284 g/mol. The molecule has 5 unspecified atom stereocenters. The summed E-state index contributed by atoms with van der Waals surface area (Å²) in [4.78, 5) is 15.7. The monoisotopic (exact) mass is 308 g/mol. The zero-order valence-corrected chi connectivity index (χ0v) is 14.1. The van der Waals surface area contributed by atoms with Gasteiger partial charge < -0.3 is 5.32 Å². The largest absolute Gasteiger partial charge is 0.377 e. The third kappa shape index (κ3) is 1.08. The van der Waals surface area contributed by atoms with E-state index in [1.807, 2.05) is 0 Å². The van der Waals surface area contributed by atoms with Crippen molar-refractivity contribution in [3.05, 3.63) is 29.8 Å². The van der Waals surface area contributed by atoms with E-state index in [4.69, 9.17) is 0 Å². The van der Waals surface area contributed by atoms with Crippen LogP contribution >= 0.6 is 0 Å². The topological polar surface area (TPSA) is 32.3 Å². The van der Waals surface area contributed by atoms with E-state index < -0.39 is 0 Å². The SMILES string of the molecule is CC1(C)C2CC3C4CC5(Nc6ccccc6C5N41)[C@]3(C)CC2=O. The highest BCUT2D eigenvalue weighted by Crippen LogP contribution is 2.76. The molecule has 2 saturated heterocycles. The molecule has 1 spiro atoms. The molecule has 2 saturated carbocycles. The Kier molecular flexibility index (Phi) is 1.90. The van der Waals surface area contributed by atoms with Crippen molar-refractivity contribution in [2.45, 2.75) is 63.2 Å². The fraction of sp³-hybridized carbons (Fsp3) is 0.650. The molecule has 4 fully saturated rings. The number of anilines is 1. The maximum absolute atomic E-state index is 13.0. The van der Waals surface area contributed by atoms with Gasteiger partial charge in [-0.15, -0.1) is 0 Å². The lowest BCUT2D eigenvalue weighted by atomic mass is 9.50. The molecule has 1 aromatic carbocycles. The van der Waals surface area contributed by atoms with E-state index in [1.165, 1.54) is 17.7 Å². The van der Waals surface area contributed by atoms with Gasteiger partial charge in [0.2, 0.25) is 0 Å². The average Bonchev–Trinajstić information content (AvgIpc) is 3.06. The van der Waals surface area contributed by atoms with Crippen molar-refractivity contribution in [2.75, 3.05) is 5.32 Å². The van der Waals surface area contributed by atoms with E-state index in [9.17, 15) is 4.79 Å². The molecule has 1 N–H and O–H groups in total. The highest BCUT2D eigenvalue weighted by Gasteiger charge is 2.80. The van der Waals surface area contributed by atoms with Gasteiger partial charge >= 0.3 is 0 Å². The maximum atomic E-state index is 13.0. The minimum absolute atomic E-state index is 0.0223. The quantitative estimate of drug-likeness (QED) is 0.797. The Labute approximate surface area is 137 Å². The van der Waals surface area contributed by atoms with E-state index >= 15 is 0 Å². The predicted octanol–water partition coefficient (Wildman–Crippen LogP) is 3.37. The van der Waals surface area contributed by atoms with E-state index in [0.717, 1.165) is 12.8 Å². The molecular formula is C20H24N2O. The second-order valence-corrected chi connectivity index (χ2v) is 9.37. The van der Waals surface area contributed by atoms with Gasteiger partial charge in [-0.25, -0.2) is 0 Å². The number of nitrogens with one attached hydrogen (secondary N) is 1. The van der Waals surface area contributed by atoms with E-state index in [2.05, 4.69) is 55.3 Å². The summed E-state index contributed by atoms with van der Waals surface area (Å²) in [6.07, 6.45) is 3.08. The van der Waals surface area contributed by atoms with Crippen LogP contribution in [0.15, 0.2) is 24.3 Å². The zero-order valence-electron chi connectivity index (χ0n) is 14.1. The van der Waals surface area contributed by atoms with Gasteiger partial charge in [-0.3, -0.25) is 9.69 Å². The molecule has 120 valence electrons. The molecule has 6 rings (SSSR count). The minimum Gasteiger partial charge on any atom is -0.377 e. The summed E-state index contributed by atoms with van der Waals surface area (Å²) >= 11 is 0. The van der Waals surface area contributed by atoms with Gasteiger partial charge in [-0.05, 0) is 44.2 Å². The molecule has 3 nitrogen and oxygen atoms in total. The second-order valence-electron chi connectivity index (χ2n) is 9.37. The molecule has 5 aliphatic rings. The Morgan fingerprint density at radius 2 is 2.00 bits per heavy atom. The fourth-order valence-corrected chi connectivity index (χ4v) is 7.57. The number of piperidine rings is 2. The smallest absolute Gasteiger partial charge is 0.138 e.